The maximum atomic E-state index is 11.7. The van der Waals surface area contributed by atoms with Gasteiger partial charge in [-0.15, -0.1) is 0 Å². The molecule has 1 amide bonds. The van der Waals surface area contributed by atoms with E-state index < -0.39 is 0 Å². The van der Waals surface area contributed by atoms with Crippen molar-refractivity contribution in [3.63, 3.8) is 0 Å². The highest BCUT2D eigenvalue weighted by Gasteiger charge is 2.21. The van der Waals surface area contributed by atoms with Crippen LogP contribution in [0.3, 0.4) is 0 Å². The lowest BCUT2D eigenvalue weighted by Gasteiger charge is -2.10. The first-order valence-electron chi connectivity index (χ1n) is 7.09. The number of carbonyl (C=O) groups excluding carboxylic acids is 1. The molecule has 4 nitrogen and oxygen atoms in total. The Kier molecular flexibility index (Phi) is 3.54. The molecule has 20 heavy (non-hydrogen) atoms. The molecule has 0 aliphatic heterocycles. The fraction of sp³-hybridized carbons (Fsp3) is 0.375. The molecule has 0 spiro atoms. The molecule has 4 heteroatoms. The first kappa shape index (κ1) is 12.9. The van der Waals surface area contributed by atoms with Crippen LogP contribution < -0.4 is 10.6 Å². The molecule has 0 bridgehead atoms. The number of carbonyl (C=O) groups is 1. The summed E-state index contributed by atoms with van der Waals surface area (Å²) in [7, 11) is 0. The number of nitrogens with one attached hydrogen (secondary N) is 2. The minimum absolute atomic E-state index is 0.0336. The van der Waals surface area contributed by atoms with E-state index in [2.05, 4.69) is 21.7 Å². The number of pyridine rings is 1. The Bertz CT molecular complexity index is 635. The fourth-order valence-corrected chi connectivity index (χ4v) is 2.21. The summed E-state index contributed by atoms with van der Waals surface area (Å²) in [5.74, 6) is 1.52. The molecule has 0 radical (unpaired) electrons. The first-order chi connectivity index (χ1) is 9.72. The van der Waals surface area contributed by atoms with E-state index in [0.717, 1.165) is 28.8 Å². The van der Waals surface area contributed by atoms with Crippen molar-refractivity contribution >= 4 is 22.6 Å². The molecule has 0 atom stereocenters. The number of hydrogen-bond donors (Lipinski definition) is 2. The second-order valence-corrected chi connectivity index (χ2v) is 5.45. The van der Waals surface area contributed by atoms with Crippen molar-refractivity contribution < 1.29 is 4.79 Å². The zero-order chi connectivity index (χ0) is 13.9. The summed E-state index contributed by atoms with van der Waals surface area (Å²) in [5.41, 5.74) is 2.00. The summed E-state index contributed by atoms with van der Waals surface area (Å²) in [6.07, 6.45) is 2.50. The number of aryl methyl sites for hydroxylation is 1. The van der Waals surface area contributed by atoms with E-state index in [4.69, 9.17) is 0 Å². The lowest BCUT2D eigenvalue weighted by Crippen LogP contribution is -2.31. The van der Waals surface area contributed by atoms with E-state index in [0.29, 0.717) is 5.92 Å². The van der Waals surface area contributed by atoms with Gasteiger partial charge in [-0.2, -0.15) is 0 Å². The number of benzene rings is 1. The molecule has 0 unspecified atom stereocenters. The van der Waals surface area contributed by atoms with Crippen molar-refractivity contribution in [3.8, 4) is 0 Å². The molecular formula is C16H19N3O. The van der Waals surface area contributed by atoms with Gasteiger partial charge in [-0.3, -0.25) is 4.79 Å². The topological polar surface area (TPSA) is 54.0 Å². The smallest absolute Gasteiger partial charge is 0.239 e. The fourth-order valence-electron chi connectivity index (χ4n) is 2.21. The SMILES string of the molecule is Cc1cc2ccccc2nc1NCC(=O)NCC1CC1. The predicted molar refractivity (Wildman–Crippen MR) is 80.7 cm³/mol. The maximum Gasteiger partial charge on any atom is 0.239 e. The molecule has 1 fully saturated rings. The molecule has 104 valence electrons. The van der Waals surface area contributed by atoms with Gasteiger partial charge in [0.25, 0.3) is 0 Å². The Morgan fingerprint density at radius 1 is 1.35 bits per heavy atom. The van der Waals surface area contributed by atoms with Gasteiger partial charge in [0.15, 0.2) is 0 Å². The van der Waals surface area contributed by atoms with E-state index in [-0.39, 0.29) is 12.5 Å². The monoisotopic (exact) mass is 269 g/mol. The van der Waals surface area contributed by atoms with Crippen LogP contribution >= 0.6 is 0 Å². The zero-order valence-corrected chi connectivity index (χ0v) is 11.6. The van der Waals surface area contributed by atoms with Gasteiger partial charge in [-0.1, -0.05) is 18.2 Å². The van der Waals surface area contributed by atoms with Crippen LogP contribution in [0.2, 0.25) is 0 Å². The lowest BCUT2D eigenvalue weighted by molar-refractivity contribution is -0.119. The number of anilines is 1. The van der Waals surface area contributed by atoms with Gasteiger partial charge in [0.2, 0.25) is 5.91 Å². The Morgan fingerprint density at radius 3 is 2.95 bits per heavy atom. The number of hydrogen-bond acceptors (Lipinski definition) is 3. The zero-order valence-electron chi connectivity index (χ0n) is 11.6. The summed E-state index contributed by atoms with van der Waals surface area (Å²) < 4.78 is 0. The Morgan fingerprint density at radius 2 is 2.15 bits per heavy atom. The summed E-state index contributed by atoms with van der Waals surface area (Å²) in [5, 5.41) is 7.19. The van der Waals surface area contributed by atoms with Crippen LogP contribution in [0.15, 0.2) is 30.3 Å². The number of fused-ring (bicyclic) bond motifs is 1. The molecule has 1 aliphatic rings. The molecule has 1 saturated carbocycles. The maximum absolute atomic E-state index is 11.7. The average Bonchev–Trinajstić information content (AvgIpc) is 3.27. The molecule has 1 aromatic carbocycles. The van der Waals surface area contributed by atoms with E-state index in [1.54, 1.807) is 0 Å². The van der Waals surface area contributed by atoms with Crippen molar-refractivity contribution in [2.45, 2.75) is 19.8 Å². The second-order valence-electron chi connectivity index (χ2n) is 5.45. The third kappa shape index (κ3) is 3.07. The largest absolute Gasteiger partial charge is 0.361 e. The predicted octanol–water partition coefficient (Wildman–Crippen LogP) is 2.48. The van der Waals surface area contributed by atoms with Crippen molar-refractivity contribution in [3.05, 3.63) is 35.9 Å². The Hall–Kier alpha value is -2.10. The van der Waals surface area contributed by atoms with Crippen molar-refractivity contribution in [2.75, 3.05) is 18.4 Å². The van der Waals surface area contributed by atoms with Crippen LogP contribution in [-0.2, 0) is 4.79 Å². The lowest BCUT2D eigenvalue weighted by atomic mass is 10.1. The van der Waals surface area contributed by atoms with Crippen LogP contribution in [-0.4, -0.2) is 24.0 Å². The number of nitrogens with zero attached hydrogens (tertiary/aromatic N) is 1. The number of para-hydroxylation sites is 1. The third-order valence-electron chi connectivity index (χ3n) is 3.62. The van der Waals surface area contributed by atoms with Gasteiger partial charge in [0.05, 0.1) is 12.1 Å². The summed E-state index contributed by atoms with van der Waals surface area (Å²) >= 11 is 0. The minimum Gasteiger partial charge on any atom is -0.361 e. The Balaban J connectivity index is 1.63. The van der Waals surface area contributed by atoms with Crippen LogP contribution in [0.4, 0.5) is 5.82 Å². The molecule has 1 aliphatic carbocycles. The van der Waals surface area contributed by atoms with Crippen LogP contribution in [0.25, 0.3) is 10.9 Å². The normalized spacial score (nSPS) is 14.2. The average molecular weight is 269 g/mol. The van der Waals surface area contributed by atoms with E-state index in [1.807, 2.05) is 31.2 Å². The van der Waals surface area contributed by atoms with Crippen LogP contribution in [0, 0.1) is 12.8 Å². The van der Waals surface area contributed by atoms with Crippen molar-refractivity contribution in [1.82, 2.24) is 10.3 Å². The number of aromatic nitrogens is 1. The van der Waals surface area contributed by atoms with Gasteiger partial charge >= 0.3 is 0 Å². The quantitative estimate of drug-likeness (QED) is 0.876. The highest BCUT2D eigenvalue weighted by atomic mass is 16.1. The molecule has 2 aromatic rings. The molecule has 0 saturated heterocycles. The van der Waals surface area contributed by atoms with Gasteiger partial charge in [-0.25, -0.2) is 4.98 Å². The van der Waals surface area contributed by atoms with Gasteiger partial charge < -0.3 is 10.6 Å². The van der Waals surface area contributed by atoms with Crippen molar-refractivity contribution in [1.29, 1.82) is 0 Å². The molecular weight excluding hydrogens is 250 g/mol. The van der Waals surface area contributed by atoms with Gasteiger partial charge in [0, 0.05) is 11.9 Å². The highest BCUT2D eigenvalue weighted by Crippen LogP contribution is 2.27. The second kappa shape index (κ2) is 5.49. The summed E-state index contributed by atoms with van der Waals surface area (Å²) in [6.45, 7) is 3.09. The standard InChI is InChI=1S/C16H19N3O/c1-11-8-13-4-2-3-5-14(13)19-16(11)18-10-15(20)17-9-12-6-7-12/h2-5,8,12H,6-7,9-10H2,1H3,(H,17,20)(H,18,19). The molecule has 1 heterocycles. The van der Waals surface area contributed by atoms with E-state index >= 15 is 0 Å². The van der Waals surface area contributed by atoms with Gasteiger partial charge in [-0.05, 0) is 43.4 Å². The number of amides is 1. The third-order valence-corrected chi connectivity index (χ3v) is 3.62. The first-order valence-corrected chi connectivity index (χ1v) is 7.09. The number of rotatable bonds is 5. The van der Waals surface area contributed by atoms with Gasteiger partial charge in [0.1, 0.15) is 5.82 Å². The molecule has 2 N–H and O–H groups in total. The van der Waals surface area contributed by atoms with Crippen molar-refractivity contribution in [2.24, 2.45) is 5.92 Å². The van der Waals surface area contributed by atoms with E-state index in [9.17, 15) is 4.79 Å². The summed E-state index contributed by atoms with van der Waals surface area (Å²) in [4.78, 5) is 16.3. The van der Waals surface area contributed by atoms with Crippen LogP contribution in [0.5, 0.6) is 0 Å². The Labute approximate surface area is 118 Å². The molecule has 1 aromatic heterocycles. The van der Waals surface area contributed by atoms with E-state index in [1.165, 1.54) is 12.8 Å². The van der Waals surface area contributed by atoms with Crippen LogP contribution in [0.1, 0.15) is 18.4 Å². The summed E-state index contributed by atoms with van der Waals surface area (Å²) in [6, 6.07) is 10.1. The minimum atomic E-state index is 0.0336. The molecule has 3 rings (SSSR count). The highest BCUT2D eigenvalue weighted by molar-refractivity contribution is 5.83.